The van der Waals surface area contributed by atoms with E-state index in [9.17, 15) is 8.78 Å². The maximum atomic E-state index is 12.0. The Morgan fingerprint density at radius 3 is 2.91 bits per heavy atom. The van der Waals surface area contributed by atoms with E-state index in [1.54, 1.807) is 12.3 Å². The average Bonchev–Trinajstić information content (AvgIpc) is 2.96. The summed E-state index contributed by atoms with van der Waals surface area (Å²) in [6, 6.07) is 1.59. The highest BCUT2D eigenvalue weighted by Crippen LogP contribution is 2.16. The van der Waals surface area contributed by atoms with E-state index >= 15 is 0 Å². The Bertz CT molecular complexity index is 657. The number of allylic oxidation sites excluding steroid dienone is 1. The van der Waals surface area contributed by atoms with Crippen molar-refractivity contribution in [3.8, 4) is 0 Å². The van der Waals surface area contributed by atoms with Crippen molar-refractivity contribution in [3.63, 3.8) is 0 Å². The lowest BCUT2D eigenvalue weighted by Gasteiger charge is -2.07. The van der Waals surface area contributed by atoms with Gasteiger partial charge in [-0.25, -0.2) is 4.98 Å². The number of hydrogen-bond acceptors (Lipinski definition) is 5. The van der Waals surface area contributed by atoms with Gasteiger partial charge in [0, 0.05) is 6.07 Å². The number of anilines is 2. The molecule has 2 rings (SSSR count). The maximum Gasteiger partial charge on any atom is 0.345 e. The van der Waals surface area contributed by atoms with Gasteiger partial charge in [-0.1, -0.05) is 19.4 Å². The second-order valence-electron chi connectivity index (χ2n) is 4.81. The summed E-state index contributed by atoms with van der Waals surface area (Å²) in [5.74, 6) is 1.02. The summed E-state index contributed by atoms with van der Waals surface area (Å²) in [6.45, 7) is 0.955. The van der Waals surface area contributed by atoms with Crippen LogP contribution in [0.1, 0.15) is 37.4 Å². The van der Waals surface area contributed by atoms with Crippen LogP contribution in [0.4, 0.5) is 20.4 Å². The van der Waals surface area contributed by atoms with E-state index in [4.69, 9.17) is 0 Å². The predicted octanol–water partition coefficient (Wildman–Crippen LogP) is 3.67. The van der Waals surface area contributed by atoms with Crippen molar-refractivity contribution in [2.75, 3.05) is 5.32 Å². The summed E-state index contributed by atoms with van der Waals surface area (Å²) >= 11 is 0. The van der Waals surface area contributed by atoms with E-state index in [1.165, 1.54) is 0 Å². The molecule has 0 bridgehead atoms. The molecule has 23 heavy (non-hydrogen) atoms. The van der Waals surface area contributed by atoms with Gasteiger partial charge in [-0.15, -0.1) is 0 Å². The van der Waals surface area contributed by atoms with Crippen molar-refractivity contribution in [2.24, 2.45) is 0 Å². The zero-order valence-electron chi connectivity index (χ0n) is 13.0. The summed E-state index contributed by atoms with van der Waals surface area (Å²) in [5.41, 5.74) is 2.18. The quantitative estimate of drug-likeness (QED) is 0.775. The van der Waals surface area contributed by atoms with Crippen LogP contribution in [-0.4, -0.2) is 26.8 Å². The lowest BCUT2D eigenvalue weighted by atomic mass is 10.2. The predicted molar refractivity (Wildman–Crippen MR) is 83.4 cm³/mol. The molecule has 2 aromatic rings. The Morgan fingerprint density at radius 1 is 1.39 bits per heavy atom. The summed E-state index contributed by atoms with van der Waals surface area (Å²) in [4.78, 5) is 8.91. The molecule has 0 aliphatic heterocycles. The third-order valence-corrected chi connectivity index (χ3v) is 2.94. The lowest BCUT2D eigenvalue weighted by Crippen LogP contribution is -2.02. The van der Waals surface area contributed by atoms with Crippen LogP contribution in [0.25, 0.3) is 6.08 Å². The topological polar surface area (TPSA) is 75.7 Å². The van der Waals surface area contributed by atoms with Crippen LogP contribution in [0.3, 0.4) is 0 Å². The van der Waals surface area contributed by atoms with Gasteiger partial charge in [0.05, 0.1) is 29.9 Å². The first-order valence-corrected chi connectivity index (χ1v) is 7.32. The molecule has 2 heterocycles. The first kappa shape index (κ1) is 17.0. The Morgan fingerprint density at radius 2 is 2.22 bits per heavy atom. The Balaban J connectivity index is 2.09. The van der Waals surface area contributed by atoms with E-state index < -0.39 is 6.61 Å². The number of ether oxygens (including phenoxy) is 1. The molecule has 0 fully saturated rings. The minimum atomic E-state index is -2.81. The number of aromatic nitrogens is 4. The standard InChI is InChI=1S/C15H19F2N5O/c1-3-5-11-12(6-4-2)19-14(8-18-11)20-13-7-10(21-22-13)9-23-15(16)17/h3,5,7-8,15H,4,6,9H2,1-2H3,(H2,19,20,21,22)/b5-3-. The third kappa shape index (κ3) is 5.10. The zero-order chi connectivity index (χ0) is 16.7. The fourth-order valence-corrected chi connectivity index (χ4v) is 2.00. The average molecular weight is 323 g/mol. The monoisotopic (exact) mass is 323 g/mol. The van der Waals surface area contributed by atoms with Crippen LogP contribution in [-0.2, 0) is 17.8 Å². The maximum absolute atomic E-state index is 12.0. The van der Waals surface area contributed by atoms with Crippen LogP contribution in [0.2, 0.25) is 0 Å². The summed E-state index contributed by atoms with van der Waals surface area (Å²) in [5, 5.41) is 9.60. The van der Waals surface area contributed by atoms with Crippen LogP contribution in [0, 0.1) is 0 Å². The summed E-state index contributed by atoms with van der Waals surface area (Å²) in [7, 11) is 0. The smallest absolute Gasteiger partial charge is 0.322 e. The number of nitrogens with one attached hydrogen (secondary N) is 2. The second-order valence-corrected chi connectivity index (χ2v) is 4.81. The fraction of sp³-hybridized carbons (Fsp3) is 0.400. The molecule has 2 N–H and O–H groups in total. The lowest BCUT2D eigenvalue weighted by molar-refractivity contribution is -0.137. The molecule has 0 saturated heterocycles. The van der Waals surface area contributed by atoms with Gasteiger partial charge in [0.2, 0.25) is 0 Å². The third-order valence-electron chi connectivity index (χ3n) is 2.94. The molecule has 0 radical (unpaired) electrons. The van der Waals surface area contributed by atoms with E-state index in [-0.39, 0.29) is 6.61 Å². The molecule has 124 valence electrons. The van der Waals surface area contributed by atoms with E-state index in [0.717, 1.165) is 24.2 Å². The normalized spacial score (nSPS) is 11.5. The SMILES string of the molecule is C/C=C\c1ncc(Nc2cc(COC(F)F)[nH]n2)nc1CCC. The number of alkyl halides is 2. The van der Waals surface area contributed by atoms with Gasteiger partial charge >= 0.3 is 6.61 Å². The number of H-pyrrole nitrogens is 1. The van der Waals surface area contributed by atoms with Gasteiger partial charge < -0.3 is 10.1 Å². The van der Waals surface area contributed by atoms with Crippen molar-refractivity contribution in [2.45, 2.75) is 39.9 Å². The second kappa shape index (κ2) is 8.33. The number of nitrogens with zero attached hydrogens (tertiary/aromatic N) is 3. The molecule has 0 spiro atoms. The van der Waals surface area contributed by atoms with Crippen LogP contribution >= 0.6 is 0 Å². The zero-order valence-corrected chi connectivity index (χ0v) is 13.0. The highest BCUT2D eigenvalue weighted by Gasteiger charge is 2.08. The highest BCUT2D eigenvalue weighted by molar-refractivity contribution is 5.54. The molecular formula is C15H19F2N5O. The van der Waals surface area contributed by atoms with Gasteiger partial charge in [0.1, 0.15) is 5.82 Å². The minimum Gasteiger partial charge on any atom is -0.322 e. The van der Waals surface area contributed by atoms with Gasteiger partial charge in [0.25, 0.3) is 0 Å². The number of aryl methyl sites for hydroxylation is 1. The van der Waals surface area contributed by atoms with Gasteiger partial charge in [-0.2, -0.15) is 13.9 Å². The Hall–Kier alpha value is -2.35. The van der Waals surface area contributed by atoms with Gasteiger partial charge in [-0.05, 0) is 19.4 Å². The molecule has 0 amide bonds. The minimum absolute atomic E-state index is 0.237. The van der Waals surface area contributed by atoms with Crippen molar-refractivity contribution in [1.82, 2.24) is 20.2 Å². The number of rotatable bonds is 8. The molecule has 0 saturated carbocycles. The molecule has 0 aromatic carbocycles. The number of hydrogen-bond donors (Lipinski definition) is 2. The Labute approximate surface area is 133 Å². The van der Waals surface area contributed by atoms with Crippen molar-refractivity contribution in [3.05, 3.63) is 35.4 Å². The van der Waals surface area contributed by atoms with E-state index in [0.29, 0.717) is 17.3 Å². The number of halogens is 2. The molecule has 6 nitrogen and oxygen atoms in total. The first-order valence-electron chi connectivity index (χ1n) is 7.32. The van der Waals surface area contributed by atoms with Crippen LogP contribution in [0.15, 0.2) is 18.3 Å². The largest absolute Gasteiger partial charge is 0.345 e. The van der Waals surface area contributed by atoms with Crippen molar-refractivity contribution in [1.29, 1.82) is 0 Å². The first-order chi connectivity index (χ1) is 11.1. The van der Waals surface area contributed by atoms with E-state index in [2.05, 4.69) is 37.1 Å². The van der Waals surface area contributed by atoms with E-state index in [1.807, 2.05) is 19.1 Å². The Kier molecular flexibility index (Phi) is 6.16. The molecule has 0 atom stereocenters. The molecule has 0 unspecified atom stereocenters. The van der Waals surface area contributed by atoms with Crippen molar-refractivity contribution < 1.29 is 13.5 Å². The van der Waals surface area contributed by atoms with Gasteiger partial charge in [-0.3, -0.25) is 10.1 Å². The molecule has 2 aromatic heterocycles. The molecule has 0 aliphatic rings. The highest BCUT2D eigenvalue weighted by atomic mass is 19.3. The van der Waals surface area contributed by atoms with Gasteiger partial charge in [0.15, 0.2) is 5.82 Å². The van der Waals surface area contributed by atoms with Crippen LogP contribution in [0.5, 0.6) is 0 Å². The number of aromatic amines is 1. The molecule has 8 heteroatoms. The van der Waals surface area contributed by atoms with Crippen molar-refractivity contribution >= 4 is 17.7 Å². The fourth-order valence-electron chi connectivity index (χ4n) is 2.00. The molecular weight excluding hydrogens is 304 g/mol. The summed E-state index contributed by atoms with van der Waals surface area (Å²) in [6.07, 6.45) is 7.21. The summed E-state index contributed by atoms with van der Waals surface area (Å²) < 4.78 is 28.2. The molecule has 0 aliphatic carbocycles. The van der Waals surface area contributed by atoms with Crippen LogP contribution < -0.4 is 5.32 Å².